The number of carbonyl (C=O) groups excluding carboxylic acids is 1. The highest BCUT2D eigenvalue weighted by Crippen LogP contribution is 2.15. The van der Waals surface area contributed by atoms with E-state index in [4.69, 9.17) is 10.5 Å². The van der Waals surface area contributed by atoms with Crippen LogP contribution in [0.15, 0.2) is 24.3 Å². The van der Waals surface area contributed by atoms with E-state index in [-0.39, 0.29) is 11.3 Å². The van der Waals surface area contributed by atoms with E-state index in [0.29, 0.717) is 19.4 Å². The fraction of sp³-hybridized carbons (Fsp3) is 0.500. The quantitative estimate of drug-likeness (QED) is 0.771. The summed E-state index contributed by atoms with van der Waals surface area (Å²) in [6.45, 7) is 6.42. The molecule has 0 atom stereocenters. The monoisotopic (exact) mass is 235 g/mol. The van der Waals surface area contributed by atoms with Gasteiger partial charge in [0.2, 0.25) is 0 Å². The average molecular weight is 235 g/mol. The first-order valence-corrected chi connectivity index (χ1v) is 5.97. The number of carbonyl (C=O) groups is 1. The molecule has 3 heteroatoms. The highest BCUT2D eigenvalue weighted by atomic mass is 16.5. The van der Waals surface area contributed by atoms with Crippen LogP contribution in [0, 0.1) is 0 Å². The number of rotatable bonds is 6. The van der Waals surface area contributed by atoms with E-state index in [1.807, 2.05) is 32.9 Å². The number of ether oxygens (including phenoxy) is 1. The summed E-state index contributed by atoms with van der Waals surface area (Å²) in [5, 5.41) is 0. The summed E-state index contributed by atoms with van der Waals surface area (Å²) >= 11 is 0. The zero-order valence-electron chi connectivity index (χ0n) is 10.8. The van der Waals surface area contributed by atoms with Gasteiger partial charge in [-0.15, -0.1) is 0 Å². The summed E-state index contributed by atoms with van der Waals surface area (Å²) in [6, 6.07) is 7.25. The lowest BCUT2D eigenvalue weighted by Crippen LogP contribution is -2.32. The summed E-state index contributed by atoms with van der Waals surface area (Å²) in [4.78, 5) is 11.9. The van der Waals surface area contributed by atoms with Crippen LogP contribution in [0.5, 0.6) is 5.75 Å². The van der Waals surface area contributed by atoms with Crippen molar-refractivity contribution in [1.29, 1.82) is 0 Å². The molecule has 17 heavy (non-hydrogen) atoms. The minimum atomic E-state index is -0.291. The molecular weight excluding hydrogens is 214 g/mol. The first-order chi connectivity index (χ1) is 7.92. The molecule has 0 heterocycles. The summed E-state index contributed by atoms with van der Waals surface area (Å²) in [7, 11) is 0. The summed E-state index contributed by atoms with van der Waals surface area (Å²) in [5.74, 6) is 0.926. The van der Waals surface area contributed by atoms with Gasteiger partial charge < -0.3 is 10.5 Å². The largest absolute Gasteiger partial charge is 0.494 e. The summed E-state index contributed by atoms with van der Waals surface area (Å²) in [5.41, 5.74) is 6.28. The van der Waals surface area contributed by atoms with Crippen molar-refractivity contribution in [2.75, 3.05) is 6.61 Å². The Morgan fingerprint density at radius 2 is 1.88 bits per heavy atom. The van der Waals surface area contributed by atoms with Crippen LogP contribution in [0.25, 0.3) is 0 Å². The van der Waals surface area contributed by atoms with E-state index in [9.17, 15) is 4.79 Å². The van der Waals surface area contributed by atoms with Crippen molar-refractivity contribution in [1.82, 2.24) is 0 Å². The summed E-state index contributed by atoms with van der Waals surface area (Å²) in [6.07, 6.45) is 1.18. The Morgan fingerprint density at radius 3 is 2.35 bits per heavy atom. The van der Waals surface area contributed by atoms with Crippen LogP contribution < -0.4 is 10.5 Å². The zero-order valence-corrected chi connectivity index (χ0v) is 10.8. The lowest BCUT2D eigenvalue weighted by Gasteiger charge is -2.17. The van der Waals surface area contributed by atoms with Gasteiger partial charge in [0.15, 0.2) is 5.78 Å². The minimum absolute atomic E-state index is 0.131. The van der Waals surface area contributed by atoms with E-state index >= 15 is 0 Å². The Hall–Kier alpha value is -1.35. The first-order valence-electron chi connectivity index (χ1n) is 5.97. The van der Waals surface area contributed by atoms with Crippen LogP contribution in [-0.2, 0) is 0 Å². The molecule has 1 aromatic carbocycles. The normalized spacial score (nSPS) is 11.3. The van der Waals surface area contributed by atoms with Crippen LogP contribution in [0.1, 0.15) is 44.0 Å². The molecule has 0 aromatic heterocycles. The van der Waals surface area contributed by atoms with Gasteiger partial charge in [0.25, 0.3) is 0 Å². The van der Waals surface area contributed by atoms with Crippen LogP contribution in [0.2, 0.25) is 0 Å². The second-order valence-corrected chi connectivity index (χ2v) is 4.87. The number of hydrogen-bond acceptors (Lipinski definition) is 3. The maximum atomic E-state index is 11.9. The Labute approximate surface area is 103 Å². The Morgan fingerprint density at radius 1 is 1.29 bits per heavy atom. The van der Waals surface area contributed by atoms with Crippen molar-refractivity contribution in [3.8, 4) is 5.75 Å². The van der Waals surface area contributed by atoms with Gasteiger partial charge in [-0.05, 0) is 51.5 Å². The lowest BCUT2D eigenvalue weighted by molar-refractivity contribution is 0.0972. The highest BCUT2D eigenvalue weighted by Gasteiger charge is 2.14. The third-order valence-electron chi connectivity index (χ3n) is 2.48. The maximum absolute atomic E-state index is 11.9. The van der Waals surface area contributed by atoms with E-state index in [1.165, 1.54) is 0 Å². The SMILES string of the molecule is CCOc1ccc(C(=O)CCC(C)(C)N)cc1. The van der Waals surface area contributed by atoms with Crippen molar-refractivity contribution in [2.24, 2.45) is 5.73 Å². The van der Waals surface area contributed by atoms with Gasteiger partial charge in [-0.1, -0.05) is 0 Å². The van der Waals surface area contributed by atoms with Crippen molar-refractivity contribution in [2.45, 2.75) is 39.2 Å². The number of benzene rings is 1. The van der Waals surface area contributed by atoms with Gasteiger partial charge in [0.05, 0.1) is 6.61 Å². The van der Waals surface area contributed by atoms with Crippen LogP contribution >= 0.6 is 0 Å². The number of Topliss-reactive ketones (excluding diaryl/α,β-unsaturated/α-hetero) is 1. The standard InChI is InChI=1S/C14H21NO2/c1-4-17-12-7-5-11(6-8-12)13(16)9-10-14(2,3)15/h5-8H,4,9-10,15H2,1-3H3. The smallest absolute Gasteiger partial charge is 0.162 e. The zero-order chi connectivity index (χ0) is 12.9. The molecule has 0 amide bonds. The third-order valence-corrected chi connectivity index (χ3v) is 2.48. The fourth-order valence-corrected chi connectivity index (χ4v) is 1.48. The molecule has 0 fully saturated rings. The van der Waals surface area contributed by atoms with E-state index in [0.717, 1.165) is 11.3 Å². The molecule has 1 aromatic rings. The second kappa shape index (κ2) is 5.82. The predicted octanol–water partition coefficient (Wildman–Crippen LogP) is 2.79. The Balaban J connectivity index is 2.57. The molecule has 0 aliphatic rings. The van der Waals surface area contributed by atoms with Crippen molar-refractivity contribution in [3.63, 3.8) is 0 Å². The van der Waals surface area contributed by atoms with Gasteiger partial charge in [-0.3, -0.25) is 4.79 Å². The Kier molecular flexibility index (Phi) is 4.70. The Bertz CT molecular complexity index is 363. The van der Waals surface area contributed by atoms with Gasteiger partial charge in [0.1, 0.15) is 5.75 Å². The molecule has 2 N–H and O–H groups in total. The molecule has 94 valence electrons. The average Bonchev–Trinajstić information content (AvgIpc) is 2.26. The molecule has 0 aliphatic heterocycles. The first kappa shape index (κ1) is 13.7. The van der Waals surface area contributed by atoms with Gasteiger partial charge in [0, 0.05) is 17.5 Å². The fourth-order valence-electron chi connectivity index (χ4n) is 1.48. The summed E-state index contributed by atoms with van der Waals surface area (Å²) < 4.78 is 5.32. The number of ketones is 1. The van der Waals surface area contributed by atoms with Crippen LogP contribution in [-0.4, -0.2) is 17.9 Å². The highest BCUT2D eigenvalue weighted by molar-refractivity contribution is 5.96. The molecule has 3 nitrogen and oxygen atoms in total. The molecule has 0 spiro atoms. The topological polar surface area (TPSA) is 52.3 Å². The van der Waals surface area contributed by atoms with E-state index in [2.05, 4.69) is 0 Å². The van der Waals surface area contributed by atoms with Crippen molar-refractivity contribution >= 4 is 5.78 Å². The predicted molar refractivity (Wildman–Crippen MR) is 69.4 cm³/mol. The molecule has 1 rings (SSSR count). The molecule has 0 aliphatic carbocycles. The van der Waals surface area contributed by atoms with Crippen molar-refractivity contribution < 1.29 is 9.53 Å². The lowest BCUT2D eigenvalue weighted by atomic mass is 9.96. The molecule has 0 radical (unpaired) electrons. The van der Waals surface area contributed by atoms with Gasteiger partial charge >= 0.3 is 0 Å². The number of nitrogens with two attached hydrogens (primary N) is 1. The number of hydrogen-bond donors (Lipinski definition) is 1. The van der Waals surface area contributed by atoms with E-state index in [1.54, 1.807) is 12.1 Å². The van der Waals surface area contributed by atoms with Gasteiger partial charge in [-0.25, -0.2) is 0 Å². The van der Waals surface area contributed by atoms with Crippen LogP contribution in [0.4, 0.5) is 0 Å². The third kappa shape index (κ3) is 5.00. The molecule has 0 saturated heterocycles. The second-order valence-electron chi connectivity index (χ2n) is 4.87. The minimum Gasteiger partial charge on any atom is -0.494 e. The van der Waals surface area contributed by atoms with Crippen LogP contribution in [0.3, 0.4) is 0 Å². The maximum Gasteiger partial charge on any atom is 0.162 e. The van der Waals surface area contributed by atoms with Crippen molar-refractivity contribution in [3.05, 3.63) is 29.8 Å². The van der Waals surface area contributed by atoms with Gasteiger partial charge in [-0.2, -0.15) is 0 Å². The van der Waals surface area contributed by atoms with E-state index < -0.39 is 0 Å². The molecule has 0 saturated carbocycles. The molecule has 0 unspecified atom stereocenters. The molecule has 0 bridgehead atoms. The molecular formula is C14H21NO2.